The van der Waals surface area contributed by atoms with E-state index in [-0.39, 0.29) is 6.04 Å². The maximum Gasteiger partial charge on any atom is 0.231 e. The molecule has 1 aromatic carbocycles. The monoisotopic (exact) mass is 290 g/mol. The van der Waals surface area contributed by atoms with Crippen LogP contribution < -0.4 is 15.2 Å². The lowest BCUT2D eigenvalue weighted by molar-refractivity contribution is 0.173. The molecule has 1 aromatic rings. The zero-order valence-corrected chi connectivity index (χ0v) is 13.3. The Morgan fingerprint density at radius 1 is 1.29 bits per heavy atom. The molecule has 0 radical (unpaired) electrons. The molecule has 2 atom stereocenters. The number of likely N-dealkylation sites (tertiary alicyclic amines) is 1. The van der Waals surface area contributed by atoms with Crippen molar-refractivity contribution >= 4 is 0 Å². The van der Waals surface area contributed by atoms with Crippen LogP contribution in [0.2, 0.25) is 0 Å². The van der Waals surface area contributed by atoms with E-state index >= 15 is 0 Å². The molecule has 2 unspecified atom stereocenters. The van der Waals surface area contributed by atoms with Gasteiger partial charge in [-0.1, -0.05) is 26.8 Å². The Kier molecular flexibility index (Phi) is 3.84. The van der Waals surface area contributed by atoms with E-state index in [1.807, 2.05) is 6.07 Å². The number of fused-ring (bicyclic) bond motifs is 1. The highest BCUT2D eigenvalue weighted by atomic mass is 16.7. The first-order chi connectivity index (χ1) is 9.99. The van der Waals surface area contributed by atoms with Crippen LogP contribution in [-0.2, 0) is 0 Å². The van der Waals surface area contributed by atoms with Crippen molar-refractivity contribution < 1.29 is 9.47 Å². The van der Waals surface area contributed by atoms with E-state index in [0.29, 0.717) is 18.8 Å². The third-order valence-corrected chi connectivity index (χ3v) is 4.89. The maximum atomic E-state index is 6.07. The average Bonchev–Trinajstić information content (AvgIpc) is 3.06. The van der Waals surface area contributed by atoms with Crippen LogP contribution in [0, 0.1) is 11.3 Å². The van der Waals surface area contributed by atoms with Crippen LogP contribution in [0.5, 0.6) is 11.5 Å². The first kappa shape index (κ1) is 14.7. The smallest absolute Gasteiger partial charge is 0.231 e. The zero-order chi connectivity index (χ0) is 15.0. The van der Waals surface area contributed by atoms with Gasteiger partial charge in [-0.25, -0.2) is 0 Å². The van der Waals surface area contributed by atoms with Crippen LogP contribution in [0.1, 0.15) is 38.8 Å². The predicted molar refractivity (Wildman–Crippen MR) is 83.5 cm³/mol. The molecule has 3 rings (SSSR count). The summed E-state index contributed by atoms with van der Waals surface area (Å²) < 4.78 is 10.9. The van der Waals surface area contributed by atoms with Crippen molar-refractivity contribution in [3.8, 4) is 11.5 Å². The summed E-state index contributed by atoms with van der Waals surface area (Å²) in [6.07, 6.45) is 1.25. The third kappa shape index (κ3) is 2.87. The number of benzene rings is 1. The zero-order valence-electron chi connectivity index (χ0n) is 13.3. The van der Waals surface area contributed by atoms with E-state index in [9.17, 15) is 0 Å². The van der Waals surface area contributed by atoms with Crippen LogP contribution in [0.15, 0.2) is 18.2 Å². The lowest BCUT2D eigenvalue weighted by Gasteiger charge is -2.30. The summed E-state index contributed by atoms with van der Waals surface area (Å²) in [7, 11) is 0. The van der Waals surface area contributed by atoms with Gasteiger partial charge in [0.2, 0.25) is 6.79 Å². The standard InChI is InChI=1S/C17H26N2O2/c1-17(2,3)13-6-7-19(10-13)14(9-18)12-4-5-15-16(8-12)21-11-20-15/h4-5,8,13-14H,6-7,9-11,18H2,1-3H3. The molecule has 116 valence electrons. The molecule has 0 amide bonds. The molecule has 2 N–H and O–H groups in total. The van der Waals surface area contributed by atoms with Gasteiger partial charge in [0.1, 0.15) is 0 Å². The minimum absolute atomic E-state index is 0.270. The van der Waals surface area contributed by atoms with E-state index in [1.165, 1.54) is 12.0 Å². The summed E-state index contributed by atoms with van der Waals surface area (Å²) in [6, 6.07) is 6.48. The summed E-state index contributed by atoms with van der Waals surface area (Å²) >= 11 is 0. The van der Waals surface area contributed by atoms with Gasteiger partial charge in [-0.15, -0.1) is 0 Å². The molecule has 0 spiro atoms. The van der Waals surface area contributed by atoms with Crippen LogP contribution in [0.3, 0.4) is 0 Å². The Balaban J connectivity index is 1.77. The molecule has 0 aliphatic carbocycles. The van der Waals surface area contributed by atoms with Gasteiger partial charge < -0.3 is 15.2 Å². The topological polar surface area (TPSA) is 47.7 Å². The summed E-state index contributed by atoms with van der Waals surface area (Å²) in [5.41, 5.74) is 7.67. The summed E-state index contributed by atoms with van der Waals surface area (Å²) in [5.74, 6) is 2.42. The number of nitrogens with zero attached hydrogens (tertiary/aromatic N) is 1. The van der Waals surface area contributed by atoms with Gasteiger partial charge in [-0.05, 0) is 42.0 Å². The van der Waals surface area contributed by atoms with Gasteiger partial charge in [-0.2, -0.15) is 0 Å². The fourth-order valence-electron chi connectivity index (χ4n) is 3.39. The van der Waals surface area contributed by atoms with E-state index in [0.717, 1.165) is 30.5 Å². The lowest BCUT2D eigenvalue weighted by atomic mass is 9.80. The molecule has 0 bridgehead atoms. The Bertz CT molecular complexity index is 510. The van der Waals surface area contributed by atoms with Crippen molar-refractivity contribution in [3.63, 3.8) is 0 Å². The molecule has 0 aromatic heterocycles. The normalized spacial score (nSPS) is 23.5. The molecular weight excluding hydrogens is 264 g/mol. The second-order valence-corrected chi connectivity index (χ2v) is 7.21. The molecule has 1 fully saturated rings. The van der Waals surface area contributed by atoms with Crippen molar-refractivity contribution in [2.45, 2.75) is 33.2 Å². The second-order valence-electron chi connectivity index (χ2n) is 7.21. The van der Waals surface area contributed by atoms with Crippen LogP contribution in [0.4, 0.5) is 0 Å². The Morgan fingerprint density at radius 3 is 2.71 bits per heavy atom. The molecule has 0 saturated carbocycles. The number of hydrogen-bond acceptors (Lipinski definition) is 4. The Labute approximate surface area is 127 Å². The lowest BCUT2D eigenvalue weighted by Crippen LogP contribution is -2.33. The van der Waals surface area contributed by atoms with Crippen molar-refractivity contribution in [3.05, 3.63) is 23.8 Å². The first-order valence-corrected chi connectivity index (χ1v) is 7.82. The van der Waals surface area contributed by atoms with Crippen molar-refractivity contribution in [2.24, 2.45) is 17.1 Å². The first-order valence-electron chi connectivity index (χ1n) is 7.82. The van der Waals surface area contributed by atoms with Gasteiger partial charge in [-0.3, -0.25) is 4.90 Å². The number of nitrogens with two attached hydrogens (primary N) is 1. The Hall–Kier alpha value is -1.26. The van der Waals surface area contributed by atoms with Gasteiger partial charge in [0.15, 0.2) is 11.5 Å². The van der Waals surface area contributed by atoms with Crippen LogP contribution >= 0.6 is 0 Å². The van der Waals surface area contributed by atoms with E-state index < -0.39 is 0 Å². The van der Waals surface area contributed by atoms with E-state index in [2.05, 4.69) is 37.8 Å². The molecule has 2 aliphatic heterocycles. The van der Waals surface area contributed by atoms with Gasteiger partial charge in [0.05, 0.1) is 0 Å². The molecule has 2 heterocycles. The highest BCUT2D eigenvalue weighted by molar-refractivity contribution is 5.45. The van der Waals surface area contributed by atoms with Gasteiger partial charge >= 0.3 is 0 Å². The second kappa shape index (κ2) is 5.50. The van der Waals surface area contributed by atoms with E-state index in [4.69, 9.17) is 15.2 Å². The SMILES string of the molecule is CC(C)(C)C1CCN(C(CN)c2ccc3c(c2)OCO3)C1. The third-order valence-electron chi connectivity index (χ3n) is 4.89. The van der Waals surface area contributed by atoms with Gasteiger partial charge in [0.25, 0.3) is 0 Å². The minimum Gasteiger partial charge on any atom is -0.454 e. The van der Waals surface area contributed by atoms with Crippen LogP contribution in [0.25, 0.3) is 0 Å². The summed E-state index contributed by atoms with van der Waals surface area (Å²) in [5, 5.41) is 0. The highest BCUT2D eigenvalue weighted by Gasteiger charge is 2.35. The quantitative estimate of drug-likeness (QED) is 0.930. The average molecular weight is 290 g/mol. The molecule has 21 heavy (non-hydrogen) atoms. The van der Waals surface area contributed by atoms with Crippen molar-refractivity contribution in [1.29, 1.82) is 0 Å². The highest BCUT2D eigenvalue weighted by Crippen LogP contribution is 2.39. The Morgan fingerprint density at radius 2 is 2.05 bits per heavy atom. The minimum atomic E-state index is 0.270. The number of rotatable bonds is 3. The predicted octanol–water partition coefficient (Wildman–Crippen LogP) is 2.78. The van der Waals surface area contributed by atoms with E-state index in [1.54, 1.807) is 0 Å². The molecular formula is C17H26N2O2. The van der Waals surface area contributed by atoms with Crippen molar-refractivity contribution in [1.82, 2.24) is 4.90 Å². The molecule has 4 nitrogen and oxygen atoms in total. The summed E-state index contributed by atoms with van der Waals surface area (Å²) in [6.45, 7) is 10.2. The van der Waals surface area contributed by atoms with Crippen molar-refractivity contribution in [2.75, 3.05) is 26.4 Å². The number of hydrogen-bond donors (Lipinski definition) is 1. The molecule has 4 heteroatoms. The summed E-state index contributed by atoms with van der Waals surface area (Å²) in [4.78, 5) is 2.52. The van der Waals surface area contributed by atoms with Crippen LogP contribution in [-0.4, -0.2) is 31.3 Å². The fraction of sp³-hybridized carbons (Fsp3) is 0.647. The largest absolute Gasteiger partial charge is 0.454 e. The fourth-order valence-corrected chi connectivity index (χ4v) is 3.39. The molecule has 2 aliphatic rings. The van der Waals surface area contributed by atoms with Gasteiger partial charge in [0, 0.05) is 19.1 Å². The maximum absolute atomic E-state index is 6.07. The number of ether oxygens (including phenoxy) is 2. The molecule has 1 saturated heterocycles.